The second-order valence-corrected chi connectivity index (χ2v) is 5.91. The van der Waals surface area contributed by atoms with Crippen LogP contribution in [0.4, 0.5) is 0 Å². The average Bonchev–Trinajstić information content (AvgIpc) is 2.26. The van der Waals surface area contributed by atoms with Crippen LogP contribution in [-0.4, -0.2) is 18.9 Å². The summed E-state index contributed by atoms with van der Waals surface area (Å²) < 4.78 is 4.54. The molecule has 0 heterocycles. The third-order valence-electron chi connectivity index (χ3n) is 3.21. The van der Waals surface area contributed by atoms with E-state index in [-0.39, 0.29) is 17.6 Å². The van der Waals surface area contributed by atoms with Crippen LogP contribution < -0.4 is 0 Å². The molecule has 0 aliphatic heterocycles. The Morgan fingerprint density at radius 3 is 1.95 bits per heavy atom. The van der Waals surface area contributed by atoms with Crippen molar-refractivity contribution in [2.45, 2.75) is 46.5 Å². The molecule has 0 aromatic heterocycles. The molecule has 0 fully saturated rings. The molecule has 1 aromatic rings. The van der Waals surface area contributed by atoms with Gasteiger partial charge in [-0.3, -0.25) is 9.59 Å². The fourth-order valence-electron chi connectivity index (χ4n) is 2.13. The zero-order valence-electron chi connectivity index (χ0n) is 12.6. The maximum absolute atomic E-state index is 12.1. The molecule has 0 bridgehead atoms. The SMILES string of the molecule is COC(=O)CC(=O)c1c(C)cc(C(C)(C)C)cc1C. The lowest BCUT2D eigenvalue weighted by molar-refractivity contribution is -0.139. The number of carbonyl (C=O) groups excluding carboxylic acids is 2. The van der Waals surface area contributed by atoms with Crippen molar-refractivity contribution in [3.8, 4) is 0 Å². The van der Waals surface area contributed by atoms with Gasteiger partial charge in [0.2, 0.25) is 0 Å². The van der Waals surface area contributed by atoms with Gasteiger partial charge in [0.15, 0.2) is 5.78 Å². The van der Waals surface area contributed by atoms with Crippen molar-refractivity contribution >= 4 is 11.8 Å². The Kier molecular flexibility index (Phi) is 4.51. The van der Waals surface area contributed by atoms with Crippen molar-refractivity contribution in [3.05, 3.63) is 34.4 Å². The van der Waals surface area contributed by atoms with Crippen LogP contribution in [-0.2, 0) is 14.9 Å². The average molecular weight is 262 g/mol. The highest BCUT2D eigenvalue weighted by Crippen LogP contribution is 2.27. The number of hydrogen-bond donors (Lipinski definition) is 0. The molecule has 19 heavy (non-hydrogen) atoms. The Morgan fingerprint density at radius 2 is 1.58 bits per heavy atom. The molecule has 0 amide bonds. The molecule has 3 heteroatoms. The van der Waals surface area contributed by atoms with E-state index in [0.29, 0.717) is 5.56 Å². The molecule has 0 saturated carbocycles. The standard InChI is InChI=1S/C16H22O3/c1-10-7-12(16(3,4)5)8-11(2)15(10)13(17)9-14(18)19-6/h7-8H,9H2,1-6H3. The molecule has 0 unspecified atom stereocenters. The fourth-order valence-corrected chi connectivity index (χ4v) is 2.13. The van der Waals surface area contributed by atoms with Gasteiger partial charge in [0.25, 0.3) is 0 Å². The van der Waals surface area contributed by atoms with Gasteiger partial charge in [-0.1, -0.05) is 32.9 Å². The third-order valence-corrected chi connectivity index (χ3v) is 3.21. The van der Waals surface area contributed by atoms with E-state index in [0.717, 1.165) is 11.1 Å². The smallest absolute Gasteiger partial charge is 0.313 e. The normalized spacial score (nSPS) is 11.3. The van der Waals surface area contributed by atoms with E-state index in [9.17, 15) is 9.59 Å². The summed E-state index contributed by atoms with van der Waals surface area (Å²) in [4.78, 5) is 23.3. The molecule has 0 saturated heterocycles. The monoisotopic (exact) mass is 262 g/mol. The number of esters is 1. The number of rotatable bonds is 3. The van der Waals surface area contributed by atoms with Gasteiger partial charge in [0.05, 0.1) is 7.11 Å². The summed E-state index contributed by atoms with van der Waals surface area (Å²) in [5, 5.41) is 0. The lowest BCUT2D eigenvalue weighted by Crippen LogP contribution is -2.16. The first-order chi connectivity index (χ1) is 8.66. The van der Waals surface area contributed by atoms with Gasteiger partial charge in [-0.15, -0.1) is 0 Å². The van der Waals surface area contributed by atoms with Crippen LogP contribution in [0.5, 0.6) is 0 Å². The van der Waals surface area contributed by atoms with Gasteiger partial charge in [-0.2, -0.15) is 0 Å². The number of ketones is 1. The summed E-state index contributed by atoms with van der Waals surface area (Å²) in [5.41, 5.74) is 3.70. The Labute approximate surface area is 115 Å². The number of hydrogen-bond acceptors (Lipinski definition) is 3. The van der Waals surface area contributed by atoms with Crippen molar-refractivity contribution in [1.29, 1.82) is 0 Å². The molecule has 0 aliphatic carbocycles. The van der Waals surface area contributed by atoms with E-state index in [4.69, 9.17) is 0 Å². The van der Waals surface area contributed by atoms with E-state index in [1.54, 1.807) is 0 Å². The summed E-state index contributed by atoms with van der Waals surface area (Å²) in [6, 6.07) is 4.05. The summed E-state index contributed by atoms with van der Waals surface area (Å²) in [6.45, 7) is 10.2. The second-order valence-electron chi connectivity index (χ2n) is 5.91. The minimum absolute atomic E-state index is 0.0411. The largest absolute Gasteiger partial charge is 0.469 e. The molecule has 0 spiro atoms. The predicted molar refractivity (Wildman–Crippen MR) is 75.6 cm³/mol. The van der Waals surface area contributed by atoms with Crippen molar-refractivity contribution in [3.63, 3.8) is 0 Å². The Bertz CT molecular complexity index is 484. The van der Waals surface area contributed by atoms with E-state index >= 15 is 0 Å². The molecule has 0 atom stereocenters. The first kappa shape index (κ1) is 15.4. The van der Waals surface area contributed by atoms with Crippen LogP contribution in [0.2, 0.25) is 0 Å². The molecule has 1 aromatic carbocycles. The summed E-state index contributed by atoms with van der Waals surface area (Å²) >= 11 is 0. The van der Waals surface area contributed by atoms with Crippen LogP contribution >= 0.6 is 0 Å². The van der Waals surface area contributed by atoms with Gasteiger partial charge in [0, 0.05) is 5.56 Å². The van der Waals surface area contributed by atoms with Crippen LogP contribution in [0.25, 0.3) is 0 Å². The Hall–Kier alpha value is -1.64. The molecule has 1 rings (SSSR count). The molecule has 0 N–H and O–H groups in total. The Balaban J connectivity index is 3.18. The van der Waals surface area contributed by atoms with Gasteiger partial charge >= 0.3 is 5.97 Å². The van der Waals surface area contributed by atoms with Crippen molar-refractivity contribution < 1.29 is 14.3 Å². The van der Waals surface area contributed by atoms with E-state index < -0.39 is 5.97 Å². The summed E-state index contributed by atoms with van der Waals surface area (Å²) in [5.74, 6) is -0.675. The lowest BCUT2D eigenvalue weighted by Gasteiger charge is -2.22. The molecule has 0 radical (unpaired) electrons. The minimum atomic E-state index is -0.497. The second kappa shape index (κ2) is 5.55. The molecule has 104 valence electrons. The molecular formula is C16H22O3. The van der Waals surface area contributed by atoms with Crippen LogP contribution in [0.3, 0.4) is 0 Å². The number of ether oxygens (including phenoxy) is 1. The van der Waals surface area contributed by atoms with E-state index in [1.807, 2.05) is 26.0 Å². The van der Waals surface area contributed by atoms with E-state index in [1.165, 1.54) is 12.7 Å². The fraction of sp³-hybridized carbons (Fsp3) is 0.500. The summed E-state index contributed by atoms with van der Waals surface area (Å²) in [7, 11) is 1.29. The number of methoxy groups -OCH3 is 1. The topological polar surface area (TPSA) is 43.4 Å². The van der Waals surface area contributed by atoms with Crippen LogP contribution in [0, 0.1) is 13.8 Å². The van der Waals surface area contributed by atoms with Gasteiger partial charge in [0.1, 0.15) is 6.42 Å². The van der Waals surface area contributed by atoms with Gasteiger partial charge < -0.3 is 4.74 Å². The maximum Gasteiger partial charge on any atom is 0.313 e. The van der Waals surface area contributed by atoms with Crippen molar-refractivity contribution in [1.82, 2.24) is 0 Å². The highest BCUT2D eigenvalue weighted by atomic mass is 16.5. The van der Waals surface area contributed by atoms with Gasteiger partial charge in [-0.05, 0) is 36.0 Å². The van der Waals surface area contributed by atoms with Crippen LogP contribution in [0.1, 0.15) is 54.2 Å². The zero-order chi connectivity index (χ0) is 14.8. The first-order valence-corrected chi connectivity index (χ1v) is 6.38. The number of aryl methyl sites for hydroxylation is 2. The highest BCUT2D eigenvalue weighted by Gasteiger charge is 2.20. The predicted octanol–water partition coefficient (Wildman–Crippen LogP) is 3.35. The molecular weight excluding hydrogens is 240 g/mol. The third kappa shape index (κ3) is 3.66. The molecule has 0 aliphatic rings. The van der Waals surface area contributed by atoms with Crippen molar-refractivity contribution in [2.24, 2.45) is 0 Å². The van der Waals surface area contributed by atoms with Crippen LogP contribution in [0.15, 0.2) is 12.1 Å². The highest BCUT2D eigenvalue weighted by molar-refractivity contribution is 6.07. The maximum atomic E-state index is 12.1. The Morgan fingerprint density at radius 1 is 1.11 bits per heavy atom. The molecule has 3 nitrogen and oxygen atoms in total. The van der Waals surface area contributed by atoms with Crippen molar-refractivity contribution in [2.75, 3.05) is 7.11 Å². The quantitative estimate of drug-likeness (QED) is 0.476. The minimum Gasteiger partial charge on any atom is -0.469 e. The van der Waals surface area contributed by atoms with Gasteiger partial charge in [-0.25, -0.2) is 0 Å². The summed E-state index contributed by atoms with van der Waals surface area (Å²) in [6.07, 6.45) is -0.201. The number of benzene rings is 1. The first-order valence-electron chi connectivity index (χ1n) is 6.38. The number of Topliss-reactive ketones (excluding diaryl/α,β-unsaturated/α-hetero) is 1. The number of carbonyl (C=O) groups is 2. The van der Waals surface area contributed by atoms with E-state index in [2.05, 4.69) is 25.5 Å². The zero-order valence-corrected chi connectivity index (χ0v) is 12.6. The lowest BCUT2D eigenvalue weighted by atomic mass is 9.83.